The highest BCUT2D eigenvalue weighted by atomic mass is 35.5. The van der Waals surface area contributed by atoms with Crippen LogP contribution in [0.25, 0.3) is 0 Å². The SMILES string of the molecule is CC(CCCl)CCN1CCCN(C)CC1C. The van der Waals surface area contributed by atoms with E-state index in [0.717, 1.165) is 18.2 Å². The van der Waals surface area contributed by atoms with Crippen LogP contribution in [0.2, 0.25) is 0 Å². The molecular formula is C13H27ClN2. The van der Waals surface area contributed by atoms with Gasteiger partial charge in [-0.1, -0.05) is 6.92 Å². The molecule has 0 radical (unpaired) electrons. The Labute approximate surface area is 106 Å². The molecule has 0 aromatic rings. The fourth-order valence-electron chi connectivity index (χ4n) is 2.47. The highest BCUT2D eigenvalue weighted by molar-refractivity contribution is 6.17. The summed E-state index contributed by atoms with van der Waals surface area (Å²) in [6.45, 7) is 9.64. The first-order chi connectivity index (χ1) is 7.63. The minimum Gasteiger partial charge on any atom is -0.305 e. The second kappa shape index (κ2) is 7.52. The van der Waals surface area contributed by atoms with Crippen molar-refractivity contribution >= 4 is 11.6 Å². The van der Waals surface area contributed by atoms with E-state index < -0.39 is 0 Å². The molecule has 0 aromatic carbocycles. The molecule has 3 heteroatoms. The number of rotatable bonds is 5. The van der Waals surface area contributed by atoms with Gasteiger partial charge in [-0.2, -0.15) is 0 Å². The van der Waals surface area contributed by atoms with Gasteiger partial charge in [0.15, 0.2) is 0 Å². The average molecular weight is 247 g/mol. The number of hydrogen-bond acceptors (Lipinski definition) is 2. The molecule has 0 spiro atoms. The Morgan fingerprint density at radius 2 is 2.06 bits per heavy atom. The molecule has 0 aliphatic carbocycles. The fraction of sp³-hybridized carbons (Fsp3) is 1.00. The number of likely N-dealkylation sites (N-methyl/N-ethyl adjacent to an activating group) is 1. The van der Waals surface area contributed by atoms with E-state index in [2.05, 4.69) is 30.7 Å². The van der Waals surface area contributed by atoms with E-state index in [0.29, 0.717) is 6.04 Å². The van der Waals surface area contributed by atoms with E-state index in [4.69, 9.17) is 11.6 Å². The van der Waals surface area contributed by atoms with Crippen LogP contribution >= 0.6 is 11.6 Å². The summed E-state index contributed by atoms with van der Waals surface area (Å²) in [4.78, 5) is 5.10. The third kappa shape index (κ3) is 5.03. The van der Waals surface area contributed by atoms with Gasteiger partial charge in [-0.25, -0.2) is 0 Å². The quantitative estimate of drug-likeness (QED) is 0.689. The van der Waals surface area contributed by atoms with E-state index in [1.54, 1.807) is 0 Å². The van der Waals surface area contributed by atoms with Gasteiger partial charge >= 0.3 is 0 Å². The second-order valence-corrected chi connectivity index (χ2v) is 5.75. The predicted octanol–water partition coefficient (Wildman–Crippen LogP) is 2.67. The summed E-state index contributed by atoms with van der Waals surface area (Å²) in [6.07, 6.45) is 3.76. The summed E-state index contributed by atoms with van der Waals surface area (Å²) >= 11 is 5.77. The molecular weight excluding hydrogens is 220 g/mol. The van der Waals surface area contributed by atoms with Crippen LogP contribution < -0.4 is 0 Å². The predicted molar refractivity (Wildman–Crippen MR) is 72.3 cm³/mol. The largest absolute Gasteiger partial charge is 0.305 e. The van der Waals surface area contributed by atoms with Crippen LogP contribution in [-0.2, 0) is 0 Å². The Kier molecular flexibility index (Phi) is 6.71. The Morgan fingerprint density at radius 1 is 1.31 bits per heavy atom. The number of nitrogens with zero attached hydrogens (tertiary/aromatic N) is 2. The first-order valence-electron chi connectivity index (χ1n) is 6.62. The second-order valence-electron chi connectivity index (χ2n) is 5.37. The van der Waals surface area contributed by atoms with E-state index in [-0.39, 0.29) is 0 Å². The summed E-state index contributed by atoms with van der Waals surface area (Å²) in [7, 11) is 2.23. The Balaban J connectivity index is 2.29. The van der Waals surface area contributed by atoms with Crippen molar-refractivity contribution in [1.29, 1.82) is 0 Å². The molecule has 0 saturated carbocycles. The van der Waals surface area contributed by atoms with Crippen molar-refractivity contribution in [2.24, 2.45) is 5.92 Å². The topological polar surface area (TPSA) is 6.48 Å². The lowest BCUT2D eigenvalue weighted by atomic mass is 10.0. The van der Waals surface area contributed by atoms with Crippen LogP contribution in [0.5, 0.6) is 0 Å². The molecule has 2 unspecified atom stereocenters. The van der Waals surface area contributed by atoms with Crippen molar-refractivity contribution in [2.45, 2.75) is 39.2 Å². The summed E-state index contributed by atoms with van der Waals surface area (Å²) in [5, 5.41) is 0. The zero-order valence-electron chi connectivity index (χ0n) is 11.1. The molecule has 1 heterocycles. The van der Waals surface area contributed by atoms with E-state index in [1.807, 2.05) is 0 Å². The lowest BCUT2D eigenvalue weighted by molar-refractivity contribution is 0.190. The molecule has 0 aromatic heterocycles. The normalized spacial score (nSPS) is 26.6. The number of halogens is 1. The maximum atomic E-state index is 5.77. The molecule has 0 amide bonds. The highest BCUT2D eigenvalue weighted by Crippen LogP contribution is 2.13. The van der Waals surface area contributed by atoms with Crippen molar-refractivity contribution in [1.82, 2.24) is 9.80 Å². The van der Waals surface area contributed by atoms with Gasteiger partial charge < -0.3 is 4.90 Å². The van der Waals surface area contributed by atoms with Gasteiger partial charge in [0.05, 0.1) is 0 Å². The molecule has 0 bridgehead atoms. The van der Waals surface area contributed by atoms with Crippen LogP contribution in [0.15, 0.2) is 0 Å². The molecule has 96 valence electrons. The smallest absolute Gasteiger partial charge is 0.0225 e. The van der Waals surface area contributed by atoms with Crippen molar-refractivity contribution in [3.05, 3.63) is 0 Å². The van der Waals surface area contributed by atoms with Crippen molar-refractivity contribution in [3.63, 3.8) is 0 Å². The van der Waals surface area contributed by atoms with E-state index in [1.165, 1.54) is 39.0 Å². The third-order valence-corrected chi connectivity index (χ3v) is 3.91. The van der Waals surface area contributed by atoms with Crippen molar-refractivity contribution < 1.29 is 0 Å². The van der Waals surface area contributed by atoms with Gasteiger partial charge in [0.25, 0.3) is 0 Å². The Bertz CT molecular complexity index is 187. The van der Waals surface area contributed by atoms with Gasteiger partial charge in [-0.05, 0) is 58.8 Å². The molecule has 1 saturated heterocycles. The highest BCUT2D eigenvalue weighted by Gasteiger charge is 2.19. The van der Waals surface area contributed by atoms with Crippen LogP contribution in [0.1, 0.15) is 33.1 Å². The molecule has 0 N–H and O–H groups in total. The minimum atomic E-state index is 0.704. The van der Waals surface area contributed by atoms with Crippen molar-refractivity contribution in [2.75, 3.05) is 39.1 Å². The average Bonchev–Trinajstić information content (AvgIpc) is 2.37. The number of alkyl halides is 1. The molecule has 2 nitrogen and oxygen atoms in total. The van der Waals surface area contributed by atoms with Gasteiger partial charge in [0.1, 0.15) is 0 Å². The lowest BCUT2D eigenvalue weighted by Gasteiger charge is -2.28. The van der Waals surface area contributed by atoms with Gasteiger partial charge in [-0.15, -0.1) is 11.6 Å². The van der Waals surface area contributed by atoms with Crippen molar-refractivity contribution in [3.8, 4) is 0 Å². The van der Waals surface area contributed by atoms with Crippen LogP contribution in [0.3, 0.4) is 0 Å². The van der Waals surface area contributed by atoms with Crippen LogP contribution in [0, 0.1) is 5.92 Å². The molecule has 2 atom stereocenters. The first kappa shape index (κ1) is 14.3. The minimum absolute atomic E-state index is 0.704. The standard InChI is InChI=1S/C13H27ClN2/c1-12(5-7-14)6-10-16-9-4-8-15(3)11-13(16)2/h12-13H,4-11H2,1-3H3. The Hall–Kier alpha value is 0.210. The van der Waals surface area contributed by atoms with Gasteiger partial charge in [0.2, 0.25) is 0 Å². The number of hydrogen-bond donors (Lipinski definition) is 0. The van der Waals surface area contributed by atoms with Gasteiger partial charge in [0, 0.05) is 18.5 Å². The molecule has 1 rings (SSSR count). The third-order valence-electron chi connectivity index (χ3n) is 3.70. The summed E-state index contributed by atoms with van der Waals surface area (Å²) in [6, 6.07) is 0.704. The molecule has 1 fully saturated rings. The monoisotopic (exact) mass is 246 g/mol. The molecule has 1 aliphatic rings. The zero-order chi connectivity index (χ0) is 12.0. The van der Waals surface area contributed by atoms with E-state index >= 15 is 0 Å². The van der Waals surface area contributed by atoms with E-state index in [9.17, 15) is 0 Å². The maximum absolute atomic E-state index is 5.77. The summed E-state index contributed by atoms with van der Waals surface area (Å²) in [5.74, 6) is 1.57. The molecule has 16 heavy (non-hydrogen) atoms. The van der Waals surface area contributed by atoms with Crippen LogP contribution in [-0.4, -0.2) is 54.9 Å². The van der Waals surface area contributed by atoms with Crippen LogP contribution in [0.4, 0.5) is 0 Å². The lowest BCUT2D eigenvalue weighted by Crippen LogP contribution is -2.38. The van der Waals surface area contributed by atoms with Gasteiger partial charge in [-0.3, -0.25) is 4.90 Å². The summed E-state index contributed by atoms with van der Waals surface area (Å²) < 4.78 is 0. The molecule has 1 aliphatic heterocycles. The fourth-order valence-corrected chi connectivity index (χ4v) is 2.84. The first-order valence-corrected chi connectivity index (χ1v) is 7.15. The maximum Gasteiger partial charge on any atom is 0.0225 e. The Morgan fingerprint density at radius 3 is 2.75 bits per heavy atom. The zero-order valence-corrected chi connectivity index (χ0v) is 11.8. The summed E-state index contributed by atoms with van der Waals surface area (Å²) in [5.41, 5.74) is 0.